The molecular formula is C17H14ClNO2. The molecule has 0 heterocycles. The molecule has 0 aliphatic rings. The van der Waals surface area contributed by atoms with E-state index in [1.807, 2.05) is 36.4 Å². The minimum absolute atomic E-state index is 0.209. The first-order chi connectivity index (χ1) is 10.2. The summed E-state index contributed by atoms with van der Waals surface area (Å²) in [4.78, 5) is 15.5. The fourth-order valence-electron chi connectivity index (χ4n) is 1.57. The van der Waals surface area contributed by atoms with Crippen molar-refractivity contribution in [2.45, 2.75) is 0 Å². The van der Waals surface area contributed by atoms with E-state index in [1.165, 1.54) is 0 Å². The van der Waals surface area contributed by atoms with Gasteiger partial charge in [-0.2, -0.15) is 0 Å². The standard InChI is InChI=1S/C17H14ClNO2/c18-15-8-10-16(11-9-15)19-13-17(20)21-12-4-7-14-5-2-1-3-6-14/h1-11,13H,12H2/b7-4+,19-13?. The number of esters is 1. The van der Waals surface area contributed by atoms with Crippen molar-refractivity contribution in [2.75, 3.05) is 6.61 Å². The largest absolute Gasteiger partial charge is 0.457 e. The molecule has 0 spiro atoms. The maximum atomic E-state index is 11.5. The van der Waals surface area contributed by atoms with E-state index >= 15 is 0 Å². The zero-order valence-corrected chi connectivity index (χ0v) is 12.0. The van der Waals surface area contributed by atoms with Gasteiger partial charge in [-0.25, -0.2) is 9.79 Å². The van der Waals surface area contributed by atoms with E-state index in [2.05, 4.69) is 4.99 Å². The van der Waals surface area contributed by atoms with E-state index in [4.69, 9.17) is 16.3 Å². The Balaban J connectivity index is 1.77. The highest BCUT2D eigenvalue weighted by molar-refractivity contribution is 6.30. The third-order valence-electron chi connectivity index (χ3n) is 2.58. The van der Waals surface area contributed by atoms with E-state index in [9.17, 15) is 4.79 Å². The monoisotopic (exact) mass is 299 g/mol. The predicted molar refractivity (Wildman–Crippen MR) is 86.0 cm³/mol. The number of benzene rings is 2. The average Bonchev–Trinajstić information content (AvgIpc) is 2.52. The molecule has 21 heavy (non-hydrogen) atoms. The number of halogens is 1. The molecule has 2 rings (SSSR count). The van der Waals surface area contributed by atoms with Crippen LogP contribution in [-0.4, -0.2) is 18.8 Å². The summed E-state index contributed by atoms with van der Waals surface area (Å²) >= 11 is 5.76. The van der Waals surface area contributed by atoms with Crippen molar-refractivity contribution in [2.24, 2.45) is 4.99 Å². The summed E-state index contributed by atoms with van der Waals surface area (Å²) in [6, 6.07) is 16.7. The van der Waals surface area contributed by atoms with Crippen molar-refractivity contribution in [3.8, 4) is 0 Å². The van der Waals surface area contributed by atoms with Gasteiger partial charge >= 0.3 is 5.97 Å². The molecular weight excluding hydrogens is 286 g/mol. The Hall–Kier alpha value is -2.39. The van der Waals surface area contributed by atoms with Crippen LogP contribution < -0.4 is 0 Å². The van der Waals surface area contributed by atoms with Gasteiger partial charge in [-0.05, 0) is 35.9 Å². The van der Waals surface area contributed by atoms with E-state index in [0.29, 0.717) is 10.7 Å². The van der Waals surface area contributed by atoms with Gasteiger partial charge in [0.15, 0.2) is 0 Å². The Labute approximate surface area is 128 Å². The summed E-state index contributed by atoms with van der Waals surface area (Å²) in [5.74, 6) is -0.484. The minimum Gasteiger partial charge on any atom is -0.457 e. The predicted octanol–water partition coefficient (Wildman–Crippen LogP) is 4.30. The van der Waals surface area contributed by atoms with Crippen LogP contribution in [0.4, 0.5) is 5.69 Å². The molecule has 0 saturated heterocycles. The zero-order valence-electron chi connectivity index (χ0n) is 11.3. The van der Waals surface area contributed by atoms with Crippen molar-refractivity contribution < 1.29 is 9.53 Å². The SMILES string of the molecule is O=C(C=Nc1ccc(Cl)cc1)OC/C=C/c1ccccc1. The Kier molecular flexibility index (Phi) is 5.73. The number of nitrogens with zero attached hydrogens (tertiary/aromatic N) is 1. The van der Waals surface area contributed by atoms with Crippen LogP contribution in [0.5, 0.6) is 0 Å². The first-order valence-corrected chi connectivity index (χ1v) is 6.80. The summed E-state index contributed by atoms with van der Waals surface area (Å²) in [6.45, 7) is 0.209. The molecule has 0 amide bonds. The van der Waals surface area contributed by atoms with Crippen molar-refractivity contribution in [3.05, 3.63) is 71.3 Å². The molecule has 0 atom stereocenters. The first-order valence-electron chi connectivity index (χ1n) is 6.42. The second-order valence-corrected chi connectivity index (χ2v) is 4.61. The average molecular weight is 300 g/mol. The Morgan fingerprint density at radius 3 is 2.52 bits per heavy atom. The fraction of sp³-hybridized carbons (Fsp3) is 0.0588. The normalized spacial score (nSPS) is 11.1. The van der Waals surface area contributed by atoms with Crippen molar-refractivity contribution in [1.82, 2.24) is 0 Å². The van der Waals surface area contributed by atoms with Gasteiger partial charge in [-0.15, -0.1) is 0 Å². The van der Waals surface area contributed by atoms with Crippen LogP contribution in [0.2, 0.25) is 5.02 Å². The highest BCUT2D eigenvalue weighted by Gasteiger charge is 1.96. The molecule has 2 aromatic rings. The first kappa shape index (κ1) is 15.0. The van der Waals surface area contributed by atoms with Gasteiger partial charge in [-0.3, -0.25) is 0 Å². The number of hydrogen-bond donors (Lipinski definition) is 0. The van der Waals surface area contributed by atoms with Crippen LogP contribution in [0.3, 0.4) is 0 Å². The van der Waals surface area contributed by atoms with Gasteiger partial charge in [0.25, 0.3) is 0 Å². The smallest absolute Gasteiger partial charge is 0.349 e. The highest BCUT2D eigenvalue weighted by atomic mass is 35.5. The maximum absolute atomic E-state index is 11.5. The number of carbonyl (C=O) groups is 1. The lowest BCUT2D eigenvalue weighted by atomic mass is 10.2. The summed E-state index contributed by atoms with van der Waals surface area (Å²) in [5.41, 5.74) is 1.71. The topological polar surface area (TPSA) is 38.7 Å². The van der Waals surface area contributed by atoms with Crippen LogP contribution >= 0.6 is 11.6 Å². The molecule has 0 bridgehead atoms. The lowest BCUT2D eigenvalue weighted by molar-refractivity contribution is -0.133. The molecule has 0 N–H and O–H groups in total. The highest BCUT2D eigenvalue weighted by Crippen LogP contribution is 2.15. The molecule has 4 heteroatoms. The lowest BCUT2D eigenvalue weighted by Gasteiger charge is -1.97. The zero-order chi connectivity index (χ0) is 14.9. The summed E-state index contributed by atoms with van der Waals surface area (Å²) in [7, 11) is 0. The maximum Gasteiger partial charge on any atom is 0.349 e. The Bertz CT molecular complexity index is 634. The fourth-order valence-corrected chi connectivity index (χ4v) is 1.70. The number of aliphatic imine (C=N–C) groups is 1. The van der Waals surface area contributed by atoms with E-state index in [-0.39, 0.29) is 6.61 Å². The second kappa shape index (κ2) is 8.02. The van der Waals surface area contributed by atoms with Gasteiger partial charge in [0.1, 0.15) is 12.8 Å². The molecule has 0 radical (unpaired) electrons. The van der Waals surface area contributed by atoms with E-state index < -0.39 is 5.97 Å². The number of hydrogen-bond acceptors (Lipinski definition) is 3. The van der Waals surface area contributed by atoms with E-state index in [1.54, 1.807) is 30.3 Å². The molecule has 106 valence electrons. The van der Waals surface area contributed by atoms with Crippen LogP contribution in [0, 0.1) is 0 Å². The molecule has 0 unspecified atom stereocenters. The number of ether oxygens (including phenoxy) is 1. The second-order valence-electron chi connectivity index (χ2n) is 4.18. The minimum atomic E-state index is -0.484. The van der Waals surface area contributed by atoms with Crippen LogP contribution in [-0.2, 0) is 9.53 Å². The Morgan fingerprint density at radius 2 is 1.81 bits per heavy atom. The van der Waals surface area contributed by atoms with E-state index in [0.717, 1.165) is 11.8 Å². The van der Waals surface area contributed by atoms with Crippen molar-refractivity contribution in [3.63, 3.8) is 0 Å². The van der Waals surface area contributed by atoms with Gasteiger partial charge in [0.2, 0.25) is 0 Å². The summed E-state index contributed by atoms with van der Waals surface area (Å²) < 4.78 is 5.01. The van der Waals surface area contributed by atoms with Gasteiger partial charge in [0, 0.05) is 5.02 Å². The van der Waals surface area contributed by atoms with Crippen LogP contribution in [0.1, 0.15) is 5.56 Å². The van der Waals surface area contributed by atoms with Crippen molar-refractivity contribution >= 4 is 35.5 Å². The molecule has 0 fully saturated rings. The number of rotatable bonds is 5. The van der Waals surface area contributed by atoms with Gasteiger partial charge in [0.05, 0.1) is 5.69 Å². The van der Waals surface area contributed by atoms with Crippen LogP contribution in [0.15, 0.2) is 65.7 Å². The molecule has 3 nitrogen and oxygen atoms in total. The van der Waals surface area contributed by atoms with Crippen LogP contribution in [0.25, 0.3) is 6.08 Å². The molecule has 0 saturated carbocycles. The molecule has 0 aliphatic carbocycles. The van der Waals surface area contributed by atoms with Gasteiger partial charge in [-0.1, -0.05) is 48.0 Å². The van der Waals surface area contributed by atoms with Gasteiger partial charge < -0.3 is 4.74 Å². The summed E-state index contributed by atoms with van der Waals surface area (Å²) in [5, 5.41) is 0.627. The van der Waals surface area contributed by atoms with Crippen molar-refractivity contribution in [1.29, 1.82) is 0 Å². The lowest BCUT2D eigenvalue weighted by Crippen LogP contribution is -2.05. The quantitative estimate of drug-likeness (QED) is 0.610. The Morgan fingerprint density at radius 1 is 1.10 bits per heavy atom. The third-order valence-corrected chi connectivity index (χ3v) is 2.83. The molecule has 0 aliphatic heterocycles. The molecule has 0 aromatic heterocycles. The molecule has 2 aromatic carbocycles. The third kappa shape index (κ3) is 5.63. The number of carbonyl (C=O) groups excluding carboxylic acids is 1. The summed E-state index contributed by atoms with van der Waals surface area (Å²) in [6.07, 6.45) is 4.83.